The first-order valence-corrected chi connectivity index (χ1v) is 12.1. The Hall–Kier alpha value is -4.57. The first-order chi connectivity index (χ1) is 18.1. The SMILES string of the molecule is Cc1cc([C@@H](C)Nc2ccc(Cl)nc2C(=O)O)c2nc(-c3ccc(-c4nc(C)no4)cc3)n(C)c(=O)c2c1. The van der Waals surface area contributed by atoms with E-state index in [1.807, 2.05) is 44.2 Å². The molecule has 0 saturated carbocycles. The van der Waals surface area contributed by atoms with Crippen LogP contribution >= 0.6 is 11.6 Å². The number of nitrogens with zero attached hydrogens (tertiary/aromatic N) is 5. The number of anilines is 1. The van der Waals surface area contributed by atoms with Gasteiger partial charge in [-0.2, -0.15) is 4.98 Å². The highest BCUT2D eigenvalue weighted by Crippen LogP contribution is 2.30. The number of carboxylic acids is 1. The fourth-order valence-electron chi connectivity index (χ4n) is 4.34. The molecule has 0 radical (unpaired) electrons. The Bertz CT molecular complexity index is 1760. The summed E-state index contributed by atoms with van der Waals surface area (Å²) in [6, 6.07) is 13.8. The van der Waals surface area contributed by atoms with E-state index in [0.29, 0.717) is 34.1 Å². The van der Waals surface area contributed by atoms with Gasteiger partial charge in [0.1, 0.15) is 11.0 Å². The molecule has 1 atom stereocenters. The molecule has 0 bridgehead atoms. The molecule has 0 aliphatic rings. The van der Waals surface area contributed by atoms with Crippen LogP contribution < -0.4 is 10.9 Å². The van der Waals surface area contributed by atoms with Gasteiger partial charge in [-0.05, 0) is 56.7 Å². The van der Waals surface area contributed by atoms with Crippen molar-refractivity contribution >= 4 is 34.2 Å². The predicted molar refractivity (Wildman–Crippen MR) is 143 cm³/mol. The minimum Gasteiger partial charge on any atom is -0.476 e. The zero-order chi connectivity index (χ0) is 27.1. The summed E-state index contributed by atoms with van der Waals surface area (Å²) in [6.45, 7) is 5.51. The summed E-state index contributed by atoms with van der Waals surface area (Å²) in [6.07, 6.45) is 0. The molecule has 3 heterocycles. The highest BCUT2D eigenvalue weighted by Gasteiger charge is 2.20. The average molecular weight is 531 g/mol. The normalized spacial score (nSPS) is 12.0. The highest BCUT2D eigenvalue weighted by molar-refractivity contribution is 6.29. The molecule has 0 spiro atoms. The van der Waals surface area contributed by atoms with E-state index in [1.165, 1.54) is 10.6 Å². The number of benzene rings is 2. The summed E-state index contributed by atoms with van der Waals surface area (Å²) in [5.74, 6) is 0.222. The van der Waals surface area contributed by atoms with E-state index in [4.69, 9.17) is 21.1 Å². The van der Waals surface area contributed by atoms with E-state index < -0.39 is 12.0 Å². The van der Waals surface area contributed by atoms with Crippen LogP contribution in [0, 0.1) is 13.8 Å². The number of carbonyl (C=O) groups is 1. The van der Waals surface area contributed by atoms with Crippen molar-refractivity contribution in [3.8, 4) is 22.8 Å². The Morgan fingerprint density at radius 3 is 2.42 bits per heavy atom. The van der Waals surface area contributed by atoms with Crippen molar-refractivity contribution in [2.75, 3.05) is 5.32 Å². The van der Waals surface area contributed by atoms with Gasteiger partial charge in [-0.1, -0.05) is 35.0 Å². The number of aromatic nitrogens is 5. The lowest BCUT2D eigenvalue weighted by Crippen LogP contribution is -2.22. The standard InChI is InChI=1S/C27H23ClN6O4/c1-13-11-18(14(2)29-20-9-10-21(28)31-23(20)27(36)37)22-19(12-13)26(35)34(4)24(32-22)16-5-7-17(8-6-16)25-30-15(3)33-38-25/h5-12,14,29H,1-4H3,(H,36,37)/t14-/m1/s1. The Morgan fingerprint density at radius 1 is 1.05 bits per heavy atom. The van der Waals surface area contributed by atoms with Crippen molar-refractivity contribution in [1.29, 1.82) is 0 Å². The first kappa shape index (κ1) is 25.1. The van der Waals surface area contributed by atoms with Gasteiger partial charge in [0, 0.05) is 23.7 Å². The van der Waals surface area contributed by atoms with Gasteiger partial charge in [-0.25, -0.2) is 14.8 Å². The fourth-order valence-corrected chi connectivity index (χ4v) is 4.49. The molecule has 0 aliphatic carbocycles. The molecule has 10 nitrogen and oxygen atoms in total. The van der Waals surface area contributed by atoms with Crippen molar-refractivity contribution in [2.45, 2.75) is 26.8 Å². The maximum Gasteiger partial charge on any atom is 0.356 e. The first-order valence-electron chi connectivity index (χ1n) is 11.7. The van der Waals surface area contributed by atoms with E-state index in [0.717, 1.165) is 22.3 Å². The van der Waals surface area contributed by atoms with E-state index in [-0.39, 0.29) is 16.4 Å². The number of aryl methyl sites for hydroxylation is 2. The monoisotopic (exact) mass is 530 g/mol. The van der Waals surface area contributed by atoms with Gasteiger partial charge >= 0.3 is 5.97 Å². The minimum absolute atomic E-state index is 0.0802. The van der Waals surface area contributed by atoms with Gasteiger partial charge in [0.25, 0.3) is 11.4 Å². The Labute approximate surface area is 221 Å². The quantitative estimate of drug-likeness (QED) is 0.284. The summed E-state index contributed by atoms with van der Waals surface area (Å²) < 4.78 is 6.76. The summed E-state index contributed by atoms with van der Waals surface area (Å²) in [7, 11) is 1.68. The lowest BCUT2D eigenvalue weighted by Gasteiger charge is -2.20. The second-order valence-corrected chi connectivity index (χ2v) is 9.36. The third-order valence-corrected chi connectivity index (χ3v) is 6.38. The molecule has 5 aromatic rings. The number of hydrogen-bond acceptors (Lipinski definition) is 8. The number of rotatable bonds is 6. The molecule has 0 fully saturated rings. The second-order valence-electron chi connectivity index (χ2n) is 8.98. The number of nitrogens with one attached hydrogen (secondary N) is 1. The van der Waals surface area contributed by atoms with E-state index in [1.54, 1.807) is 26.1 Å². The molecule has 38 heavy (non-hydrogen) atoms. The van der Waals surface area contributed by atoms with Crippen molar-refractivity contribution in [2.24, 2.45) is 7.05 Å². The van der Waals surface area contributed by atoms with Crippen LogP contribution in [-0.4, -0.2) is 35.8 Å². The van der Waals surface area contributed by atoms with Gasteiger partial charge in [0.2, 0.25) is 0 Å². The number of halogens is 1. The van der Waals surface area contributed by atoms with Crippen LogP contribution in [0.4, 0.5) is 5.69 Å². The molecule has 192 valence electrons. The number of carboxylic acid groups (broad SMARTS) is 1. The lowest BCUT2D eigenvalue weighted by molar-refractivity contribution is 0.0691. The molecule has 0 amide bonds. The fraction of sp³-hybridized carbons (Fsp3) is 0.185. The molecule has 0 aliphatic heterocycles. The molecule has 11 heteroatoms. The van der Waals surface area contributed by atoms with E-state index in [9.17, 15) is 14.7 Å². The Morgan fingerprint density at radius 2 is 1.76 bits per heavy atom. The van der Waals surface area contributed by atoms with Crippen LogP contribution in [0.15, 0.2) is 57.8 Å². The number of aromatic carboxylic acids is 1. The van der Waals surface area contributed by atoms with Crippen molar-refractivity contribution in [3.63, 3.8) is 0 Å². The highest BCUT2D eigenvalue weighted by atomic mass is 35.5. The van der Waals surface area contributed by atoms with Crippen LogP contribution in [-0.2, 0) is 7.05 Å². The largest absolute Gasteiger partial charge is 0.476 e. The van der Waals surface area contributed by atoms with Gasteiger partial charge in [0.05, 0.1) is 22.6 Å². The van der Waals surface area contributed by atoms with Crippen molar-refractivity contribution in [3.05, 3.63) is 86.7 Å². The van der Waals surface area contributed by atoms with Crippen LogP contribution in [0.25, 0.3) is 33.7 Å². The second kappa shape index (κ2) is 9.71. The van der Waals surface area contributed by atoms with Gasteiger partial charge < -0.3 is 14.9 Å². The third kappa shape index (κ3) is 4.61. The molecule has 2 aromatic carbocycles. The number of pyridine rings is 1. The summed E-state index contributed by atoms with van der Waals surface area (Å²) in [5.41, 5.74) is 3.53. The van der Waals surface area contributed by atoms with Gasteiger partial charge in [-0.3, -0.25) is 9.36 Å². The van der Waals surface area contributed by atoms with E-state index in [2.05, 4.69) is 20.4 Å². The Balaban J connectivity index is 1.60. The Kier molecular flexibility index (Phi) is 6.41. The summed E-state index contributed by atoms with van der Waals surface area (Å²) >= 11 is 5.91. The molecule has 2 N–H and O–H groups in total. The maximum atomic E-state index is 13.4. The maximum absolute atomic E-state index is 13.4. The molecular formula is C27H23ClN6O4. The molecule has 0 unspecified atom stereocenters. The van der Waals surface area contributed by atoms with Crippen LogP contribution in [0.2, 0.25) is 5.15 Å². The van der Waals surface area contributed by atoms with Crippen LogP contribution in [0.3, 0.4) is 0 Å². The number of hydrogen-bond donors (Lipinski definition) is 2. The smallest absolute Gasteiger partial charge is 0.356 e. The minimum atomic E-state index is -1.20. The van der Waals surface area contributed by atoms with Gasteiger partial charge in [0.15, 0.2) is 11.5 Å². The van der Waals surface area contributed by atoms with Crippen LogP contribution in [0.5, 0.6) is 0 Å². The topological polar surface area (TPSA) is 136 Å². The molecule has 5 rings (SSSR count). The average Bonchev–Trinajstić information content (AvgIpc) is 3.33. The zero-order valence-electron chi connectivity index (χ0n) is 21.0. The summed E-state index contributed by atoms with van der Waals surface area (Å²) in [4.78, 5) is 38.3. The van der Waals surface area contributed by atoms with Crippen molar-refractivity contribution in [1.82, 2.24) is 24.7 Å². The molecule has 0 saturated heterocycles. The van der Waals surface area contributed by atoms with E-state index >= 15 is 0 Å². The molecular weight excluding hydrogens is 508 g/mol. The zero-order valence-corrected chi connectivity index (χ0v) is 21.7. The molecule has 3 aromatic heterocycles. The third-order valence-electron chi connectivity index (χ3n) is 6.17. The lowest BCUT2D eigenvalue weighted by atomic mass is 10.0. The number of fused-ring (bicyclic) bond motifs is 1. The predicted octanol–water partition coefficient (Wildman–Crippen LogP) is 5.19. The van der Waals surface area contributed by atoms with Crippen molar-refractivity contribution < 1.29 is 14.4 Å². The van der Waals surface area contributed by atoms with Gasteiger partial charge in [-0.15, -0.1) is 0 Å². The van der Waals surface area contributed by atoms with Crippen LogP contribution in [0.1, 0.15) is 40.4 Å². The summed E-state index contributed by atoms with van der Waals surface area (Å²) in [5, 5.41) is 17.1.